The highest BCUT2D eigenvalue weighted by Crippen LogP contribution is 2.29. The highest BCUT2D eigenvalue weighted by Gasteiger charge is 2.40. The van der Waals surface area contributed by atoms with Gasteiger partial charge in [-0.05, 0) is 19.1 Å². The van der Waals surface area contributed by atoms with Gasteiger partial charge in [0.05, 0.1) is 18.8 Å². The molecule has 4 heterocycles. The number of aryl methyl sites for hydroxylation is 1. The molecule has 1 amide bonds. The summed E-state index contributed by atoms with van der Waals surface area (Å²) in [5.41, 5.74) is 2.14. The zero-order valence-corrected chi connectivity index (χ0v) is 13.3. The molecule has 0 unspecified atom stereocenters. The molecule has 0 radical (unpaired) electrons. The number of ether oxygens (including phenoxy) is 2. The summed E-state index contributed by atoms with van der Waals surface area (Å²) in [4.78, 5) is 19.2. The van der Waals surface area contributed by atoms with Crippen LogP contribution in [-0.2, 0) is 9.47 Å². The van der Waals surface area contributed by atoms with Crippen molar-refractivity contribution in [2.45, 2.75) is 25.4 Å². The number of morpholine rings is 1. The minimum atomic E-state index is -0.235. The predicted octanol–water partition coefficient (Wildman–Crippen LogP) is 1.66. The van der Waals surface area contributed by atoms with Gasteiger partial charge in [-0.15, -0.1) is 0 Å². The summed E-state index contributed by atoms with van der Waals surface area (Å²) in [6.07, 6.45) is 3.53. The Kier molecular flexibility index (Phi) is 3.58. The van der Waals surface area contributed by atoms with Gasteiger partial charge >= 0.3 is 0 Å². The molecule has 0 aliphatic carbocycles. The fraction of sp³-hybridized carbons (Fsp3) is 0.529. The third kappa shape index (κ3) is 2.62. The summed E-state index contributed by atoms with van der Waals surface area (Å²) in [5, 5.41) is 0. The molecule has 0 aromatic carbocycles. The number of pyridine rings is 1. The molecule has 122 valence electrons. The SMILES string of the molecule is Cc1cccc2nc(C(=O)N3CCOC4(CCOCC4)C3)cn12. The molecule has 6 nitrogen and oxygen atoms in total. The van der Waals surface area contributed by atoms with Crippen LogP contribution in [0.2, 0.25) is 0 Å². The first-order valence-electron chi connectivity index (χ1n) is 8.13. The monoisotopic (exact) mass is 315 g/mol. The zero-order chi connectivity index (χ0) is 15.9. The van der Waals surface area contributed by atoms with E-state index in [0.717, 1.165) is 24.2 Å². The minimum Gasteiger partial charge on any atom is -0.381 e. The number of aromatic nitrogens is 2. The van der Waals surface area contributed by atoms with E-state index in [1.54, 1.807) is 0 Å². The van der Waals surface area contributed by atoms with Crippen molar-refractivity contribution in [3.05, 3.63) is 35.8 Å². The van der Waals surface area contributed by atoms with Gasteiger partial charge in [0, 0.05) is 44.5 Å². The first kappa shape index (κ1) is 14.7. The number of imidazole rings is 1. The number of hydrogen-bond donors (Lipinski definition) is 0. The Hall–Kier alpha value is -1.92. The Labute approximate surface area is 135 Å². The summed E-state index contributed by atoms with van der Waals surface area (Å²) in [5.74, 6) is -0.0118. The van der Waals surface area contributed by atoms with E-state index in [4.69, 9.17) is 9.47 Å². The summed E-state index contributed by atoms with van der Waals surface area (Å²) in [6.45, 7) is 5.24. The number of carbonyl (C=O) groups excluding carboxylic acids is 1. The molecule has 1 spiro atoms. The topological polar surface area (TPSA) is 56.1 Å². The molecule has 23 heavy (non-hydrogen) atoms. The van der Waals surface area contributed by atoms with E-state index in [0.29, 0.717) is 38.6 Å². The summed E-state index contributed by atoms with van der Waals surface area (Å²) < 4.78 is 13.4. The maximum Gasteiger partial charge on any atom is 0.274 e. The Balaban J connectivity index is 1.58. The van der Waals surface area contributed by atoms with Gasteiger partial charge in [-0.1, -0.05) is 6.07 Å². The Morgan fingerprint density at radius 1 is 1.26 bits per heavy atom. The van der Waals surface area contributed by atoms with Crippen LogP contribution in [0.15, 0.2) is 24.4 Å². The van der Waals surface area contributed by atoms with Crippen molar-refractivity contribution in [1.82, 2.24) is 14.3 Å². The Morgan fingerprint density at radius 2 is 2.09 bits per heavy atom. The maximum absolute atomic E-state index is 12.9. The van der Waals surface area contributed by atoms with Gasteiger partial charge in [-0.25, -0.2) is 4.98 Å². The standard InChI is InChI=1S/C17H21N3O3/c1-13-3-2-4-15-18-14(11-20(13)15)16(21)19-7-10-23-17(12-19)5-8-22-9-6-17/h2-4,11H,5-10,12H2,1H3. The van der Waals surface area contributed by atoms with Crippen LogP contribution in [0.5, 0.6) is 0 Å². The molecule has 0 N–H and O–H groups in total. The van der Waals surface area contributed by atoms with Crippen LogP contribution < -0.4 is 0 Å². The van der Waals surface area contributed by atoms with Crippen molar-refractivity contribution < 1.29 is 14.3 Å². The number of carbonyl (C=O) groups is 1. The van der Waals surface area contributed by atoms with E-state index in [1.165, 1.54) is 0 Å². The zero-order valence-electron chi connectivity index (χ0n) is 13.3. The average molecular weight is 315 g/mol. The first-order chi connectivity index (χ1) is 11.2. The van der Waals surface area contributed by atoms with Crippen LogP contribution in [0.1, 0.15) is 29.0 Å². The third-order valence-electron chi connectivity index (χ3n) is 4.85. The van der Waals surface area contributed by atoms with Crippen molar-refractivity contribution in [2.24, 2.45) is 0 Å². The van der Waals surface area contributed by atoms with Crippen molar-refractivity contribution in [1.29, 1.82) is 0 Å². The second-order valence-electron chi connectivity index (χ2n) is 6.39. The molecule has 2 aliphatic rings. The number of hydrogen-bond acceptors (Lipinski definition) is 4. The molecule has 2 aliphatic heterocycles. The third-order valence-corrected chi connectivity index (χ3v) is 4.85. The van der Waals surface area contributed by atoms with Gasteiger partial charge in [0.1, 0.15) is 11.3 Å². The van der Waals surface area contributed by atoms with Crippen LogP contribution in [-0.4, -0.2) is 58.7 Å². The number of fused-ring (bicyclic) bond motifs is 1. The number of nitrogens with zero attached hydrogens (tertiary/aromatic N) is 3. The van der Waals surface area contributed by atoms with Crippen LogP contribution in [0.25, 0.3) is 5.65 Å². The highest BCUT2D eigenvalue weighted by molar-refractivity contribution is 5.93. The van der Waals surface area contributed by atoms with Crippen molar-refractivity contribution in [3.8, 4) is 0 Å². The largest absolute Gasteiger partial charge is 0.381 e. The van der Waals surface area contributed by atoms with Crippen molar-refractivity contribution in [2.75, 3.05) is 32.9 Å². The average Bonchev–Trinajstić information content (AvgIpc) is 3.00. The molecule has 4 rings (SSSR count). The molecule has 6 heteroatoms. The fourth-order valence-electron chi connectivity index (χ4n) is 3.48. The Morgan fingerprint density at radius 3 is 2.87 bits per heavy atom. The summed E-state index contributed by atoms with van der Waals surface area (Å²) in [7, 11) is 0. The van der Waals surface area contributed by atoms with E-state index in [-0.39, 0.29) is 11.5 Å². The normalized spacial score (nSPS) is 21.0. The quantitative estimate of drug-likeness (QED) is 0.803. The lowest BCUT2D eigenvalue weighted by atomic mass is 9.92. The van der Waals surface area contributed by atoms with Gasteiger partial charge in [0.15, 0.2) is 0 Å². The van der Waals surface area contributed by atoms with E-state index >= 15 is 0 Å². The van der Waals surface area contributed by atoms with E-state index in [1.807, 2.05) is 40.6 Å². The number of rotatable bonds is 1. The molecular weight excluding hydrogens is 294 g/mol. The minimum absolute atomic E-state index is 0.0118. The van der Waals surface area contributed by atoms with Gasteiger partial charge in [0.25, 0.3) is 5.91 Å². The van der Waals surface area contributed by atoms with Gasteiger partial charge in [-0.3, -0.25) is 4.79 Å². The van der Waals surface area contributed by atoms with E-state index < -0.39 is 0 Å². The summed E-state index contributed by atoms with van der Waals surface area (Å²) in [6, 6.07) is 5.88. The molecule has 2 saturated heterocycles. The van der Waals surface area contributed by atoms with Crippen LogP contribution in [0.4, 0.5) is 0 Å². The van der Waals surface area contributed by atoms with Crippen LogP contribution in [0, 0.1) is 6.92 Å². The first-order valence-corrected chi connectivity index (χ1v) is 8.13. The lowest BCUT2D eigenvalue weighted by Crippen LogP contribution is -2.55. The maximum atomic E-state index is 12.9. The second-order valence-corrected chi connectivity index (χ2v) is 6.39. The summed E-state index contributed by atoms with van der Waals surface area (Å²) >= 11 is 0. The lowest BCUT2D eigenvalue weighted by molar-refractivity contribution is -0.146. The van der Waals surface area contributed by atoms with Gasteiger partial charge in [-0.2, -0.15) is 0 Å². The molecule has 0 saturated carbocycles. The molecule has 0 bridgehead atoms. The molecule has 0 atom stereocenters. The van der Waals surface area contributed by atoms with Crippen molar-refractivity contribution >= 4 is 11.6 Å². The smallest absolute Gasteiger partial charge is 0.274 e. The molecular formula is C17H21N3O3. The Bertz CT molecular complexity index is 728. The lowest BCUT2D eigenvalue weighted by Gasteiger charge is -2.44. The highest BCUT2D eigenvalue weighted by atomic mass is 16.5. The molecule has 2 aromatic heterocycles. The molecule has 2 fully saturated rings. The second kappa shape index (κ2) is 5.62. The van der Waals surface area contributed by atoms with Crippen LogP contribution in [0.3, 0.4) is 0 Å². The van der Waals surface area contributed by atoms with E-state index in [2.05, 4.69) is 4.98 Å². The van der Waals surface area contributed by atoms with E-state index in [9.17, 15) is 4.79 Å². The number of amides is 1. The van der Waals surface area contributed by atoms with Gasteiger partial charge < -0.3 is 18.8 Å². The predicted molar refractivity (Wildman–Crippen MR) is 84.6 cm³/mol. The van der Waals surface area contributed by atoms with Crippen LogP contribution >= 0.6 is 0 Å². The van der Waals surface area contributed by atoms with Gasteiger partial charge in [0.2, 0.25) is 0 Å². The fourth-order valence-corrected chi connectivity index (χ4v) is 3.48. The molecule has 2 aromatic rings. The van der Waals surface area contributed by atoms with Crippen molar-refractivity contribution in [3.63, 3.8) is 0 Å².